The number of aryl methyl sites for hydroxylation is 1. The molecule has 1 saturated heterocycles. The molecule has 1 aromatic carbocycles. The number of hydrogen-bond donors (Lipinski definition) is 0. The largest absolute Gasteiger partial charge is 0.497 e. The molecule has 2 aromatic heterocycles. The Morgan fingerprint density at radius 3 is 2.58 bits per heavy atom. The van der Waals surface area contributed by atoms with Gasteiger partial charge in [0.15, 0.2) is 0 Å². The standard InChI is InChI=1S/C23H26N4O3S/c1-16-3-8-19(31-16)13-25-10-9-23(14-25)11-20-24-27(22(29)21(28)26(20)15-23)12-17-4-6-18(30-2)7-5-17/h3-8H,9-15H2,1-2H3/t23-/m0/s1. The van der Waals surface area contributed by atoms with Crippen molar-refractivity contribution in [3.05, 3.63) is 78.2 Å². The van der Waals surface area contributed by atoms with Crippen LogP contribution in [0, 0.1) is 12.3 Å². The van der Waals surface area contributed by atoms with Gasteiger partial charge in [0.05, 0.1) is 13.7 Å². The van der Waals surface area contributed by atoms with Gasteiger partial charge in [0, 0.05) is 41.2 Å². The molecule has 8 heteroatoms. The quantitative estimate of drug-likeness (QED) is 0.572. The fraction of sp³-hybridized carbons (Fsp3) is 0.435. The number of aromatic nitrogens is 3. The summed E-state index contributed by atoms with van der Waals surface area (Å²) in [5, 5.41) is 4.60. The normalized spacial score (nSPS) is 20.5. The smallest absolute Gasteiger partial charge is 0.332 e. The van der Waals surface area contributed by atoms with Gasteiger partial charge in [-0.25, -0.2) is 4.68 Å². The highest BCUT2D eigenvalue weighted by atomic mass is 32.1. The average Bonchev–Trinajstić information content (AvgIpc) is 3.46. The Labute approximate surface area is 184 Å². The summed E-state index contributed by atoms with van der Waals surface area (Å²) in [5.74, 6) is 1.48. The molecule has 1 fully saturated rings. The molecule has 3 aromatic rings. The summed E-state index contributed by atoms with van der Waals surface area (Å²) in [4.78, 5) is 30.7. The Morgan fingerprint density at radius 1 is 1.06 bits per heavy atom. The highest BCUT2D eigenvalue weighted by molar-refractivity contribution is 7.11. The van der Waals surface area contributed by atoms with Gasteiger partial charge in [-0.2, -0.15) is 5.10 Å². The van der Waals surface area contributed by atoms with Gasteiger partial charge < -0.3 is 4.74 Å². The van der Waals surface area contributed by atoms with Crippen molar-refractivity contribution in [2.75, 3.05) is 20.2 Å². The summed E-state index contributed by atoms with van der Waals surface area (Å²) >= 11 is 1.84. The van der Waals surface area contributed by atoms with Crippen molar-refractivity contribution < 1.29 is 4.74 Å². The van der Waals surface area contributed by atoms with E-state index in [0.717, 1.165) is 49.6 Å². The molecule has 2 aliphatic heterocycles. The van der Waals surface area contributed by atoms with Gasteiger partial charge in [0.1, 0.15) is 11.6 Å². The first-order valence-electron chi connectivity index (χ1n) is 10.6. The molecule has 0 saturated carbocycles. The number of ether oxygens (including phenoxy) is 1. The molecule has 0 aliphatic carbocycles. The number of fused-ring (bicyclic) bond motifs is 1. The van der Waals surface area contributed by atoms with E-state index in [0.29, 0.717) is 6.54 Å². The molecule has 0 bridgehead atoms. The lowest BCUT2D eigenvalue weighted by Gasteiger charge is -2.22. The fourth-order valence-corrected chi connectivity index (χ4v) is 5.77. The summed E-state index contributed by atoms with van der Waals surface area (Å²) in [6, 6.07) is 11.8. The number of hydrogen-bond acceptors (Lipinski definition) is 6. The van der Waals surface area contributed by atoms with E-state index in [-0.39, 0.29) is 12.0 Å². The van der Waals surface area contributed by atoms with Crippen LogP contribution in [0.1, 0.15) is 27.6 Å². The fourth-order valence-electron chi connectivity index (χ4n) is 4.84. The number of nitrogens with zero attached hydrogens (tertiary/aromatic N) is 4. The molecule has 0 N–H and O–H groups in total. The molecule has 2 aliphatic rings. The Balaban J connectivity index is 1.35. The van der Waals surface area contributed by atoms with Crippen molar-refractivity contribution in [2.24, 2.45) is 5.41 Å². The number of methoxy groups -OCH3 is 1. The first-order chi connectivity index (χ1) is 14.9. The van der Waals surface area contributed by atoms with Crippen molar-refractivity contribution in [3.63, 3.8) is 0 Å². The Hall–Kier alpha value is -2.71. The first kappa shape index (κ1) is 20.2. The van der Waals surface area contributed by atoms with Crippen LogP contribution in [0.15, 0.2) is 46.0 Å². The summed E-state index contributed by atoms with van der Waals surface area (Å²) in [6.45, 7) is 5.89. The number of benzene rings is 1. The van der Waals surface area contributed by atoms with E-state index < -0.39 is 11.1 Å². The molecule has 1 atom stereocenters. The van der Waals surface area contributed by atoms with Crippen molar-refractivity contribution in [1.29, 1.82) is 0 Å². The minimum atomic E-state index is -0.555. The lowest BCUT2D eigenvalue weighted by Crippen LogP contribution is -2.43. The third kappa shape index (κ3) is 3.85. The maximum absolute atomic E-state index is 12.8. The molecule has 0 radical (unpaired) electrons. The molecular formula is C23H26N4O3S. The second-order valence-electron chi connectivity index (χ2n) is 8.77. The van der Waals surface area contributed by atoms with Crippen LogP contribution in [-0.2, 0) is 26.1 Å². The molecule has 31 heavy (non-hydrogen) atoms. The molecular weight excluding hydrogens is 412 g/mol. The van der Waals surface area contributed by atoms with Crippen LogP contribution >= 0.6 is 11.3 Å². The maximum atomic E-state index is 12.8. The topological polar surface area (TPSA) is 69.4 Å². The molecule has 7 nitrogen and oxygen atoms in total. The van der Waals surface area contributed by atoms with Crippen LogP contribution in [-0.4, -0.2) is 39.4 Å². The lowest BCUT2D eigenvalue weighted by atomic mass is 9.86. The van der Waals surface area contributed by atoms with Crippen molar-refractivity contribution >= 4 is 11.3 Å². The second-order valence-corrected chi connectivity index (χ2v) is 10.1. The zero-order chi connectivity index (χ0) is 21.6. The van der Waals surface area contributed by atoms with Gasteiger partial charge in [-0.3, -0.25) is 19.1 Å². The van der Waals surface area contributed by atoms with E-state index >= 15 is 0 Å². The number of likely N-dealkylation sites (tertiary alicyclic amines) is 1. The molecule has 1 spiro atoms. The Kier molecular flexibility index (Phi) is 5.06. The third-order valence-corrected chi connectivity index (χ3v) is 7.41. The SMILES string of the molecule is COc1ccc(Cn2nc3n(c(=O)c2=O)C[C@@]2(CCN(Cc4ccc(C)s4)C2)C3)cc1. The number of thiophene rings is 1. The maximum Gasteiger partial charge on any atom is 0.332 e. The third-order valence-electron chi connectivity index (χ3n) is 6.42. The molecule has 5 rings (SSSR count). The molecule has 4 heterocycles. The zero-order valence-corrected chi connectivity index (χ0v) is 18.7. The lowest BCUT2D eigenvalue weighted by molar-refractivity contribution is 0.247. The minimum absolute atomic E-state index is 0.00278. The molecule has 162 valence electrons. The second kappa shape index (κ2) is 7.76. The van der Waals surface area contributed by atoms with E-state index in [2.05, 4.69) is 29.1 Å². The highest BCUT2D eigenvalue weighted by Crippen LogP contribution is 2.39. The van der Waals surface area contributed by atoms with E-state index in [1.807, 2.05) is 35.6 Å². The van der Waals surface area contributed by atoms with Gasteiger partial charge in [-0.05, 0) is 49.7 Å². The van der Waals surface area contributed by atoms with Gasteiger partial charge in [-0.1, -0.05) is 12.1 Å². The predicted octanol–water partition coefficient (Wildman–Crippen LogP) is 2.28. The van der Waals surface area contributed by atoms with Gasteiger partial charge in [-0.15, -0.1) is 11.3 Å². The van der Waals surface area contributed by atoms with Crippen LogP contribution in [0.4, 0.5) is 0 Å². The Bertz CT molecular complexity index is 1230. The van der Waals surface area contributed by atoms with Crippen LogP contribution in [0.3, 0.4) is 0 Å². The van der Waals surface area contributed by atoms with E-state index in [4.69, 9.17) is 4.74 Å². The van der Waals surface area contributed by atoms with Crippen molar-refractivity contribution in [2.45, 2.75) is 39.4 Å². The van der Waals surface area contributed by atoms with Crippen molar-refractivity contribution in [3.8, 4) is 5.75 Å². The van der Waals surface area contributed by atoms with Crippen LogP contribution < -0.4 is 15.9 Å². The Morgan fingerprint density at radius 2 is 1.87 bits per heavy atom. The van der Waals surface area contributed by atoms with Gasteiger partial charge in [0.25, 0.3) is 0 Å². The van der Waals surface area contributed by atoms with Gasteiger partial charge >= 0.3 is 11.1 Å². The molecule has 0 unspecified atom stereocenters. The predicted molar refractivity (Wildman–Crippen MR) is 120 cm³/mol. The average molecular weight is 439 g/mol. The van der Waals surface area contributed by atoms with E-state index in [1.165, 1.54) is 14.4 Å². The molecule has 0 amide bonds. The first-order valence-corrected chi connectivity index (χ1v) is 11.4. The van der Waals surface area contributed by atoms with Crippen LogP contribution in [0.5, 0.6) is 5.75 Å². The highest BCUT2D eigenvalue weighted by Gasteiger charge is 2.44. The zero-order valence-electron chi connectivity index (χ0n) is 17.8. The summed E-state index contributed by atoms with van der Waals surface area (Å²) in [5.41, 5.74) is -0.106. The number of rotatable bonds is 5. The summed E-state index contributed by atoms with van der Waals surface area (Å²) in [6.07, 6.45) is 1.76. The summed E-state index contributed by atoms with van der Waals surface area (Å²) < 4.78 is 8.12. The van der Waals surface area contributed by atoms with E-state index in [1.54, 1.807) is 11.7 Å². The van der Waals surface area contributed by atoms with E-state index in [9.17, 15) is 9.59 Å². The monoisotopic (exact) mass is 438 g/mol. The van der Waals surface area contributed by atoms with Crippen molar-refractivity contribution in [1.82, 2.24) is 19.2 Å². The summed E-state index contributed by atoms with van der Waals surface area (Å²) in [7, 11) is 1.62. The minimum Gasteiger partial charge on any atom is -0.497 e. The van der Waals surface area contributed by atoms with Gasteiger partial charge in [0.2, 0.25) is 0 Å². The van der Waals surface area contributed by atoms with Crippen LogP contribution in [0.2, 0.25) is 0 Å². The van der Waals surface area contributed by atoms with Crippen LogP contribution in [0.25, 0.3) is 0 Å².